The molecule has 1 aliphatic rings. The normalized spacial score (nSPS) is 21.8. The van der Waals surface area contributed by atoms with Crippen molar-refractivity contribution in [1.82, 2.24) is 9.80 Å². The zero-order chi connectivity index (χ0) is 15.6. The van der Waals surface area contributed by atoms with Crippen molar-refractivity contribution in [2.24, 2.45) is 0 Å². The van der Waals surface area contributed by atoms with Crippen LogP contribution in [0, 0.1) is 0 Å². The van der Waals surface area contributed by atoms with E-state index < -0.39 is 11.5 Å². The van der Waals surface area contributed by atoms with Crippen molar-refractivity contribution in [2.75, 3.05) is 20.6 Å². The molecule has 1 saturated heterocycles. The van der Waals surface area contributed by atoms with Crippen LogP contribution in [0.3, 0.4) is 0 Å². The van der Waals surface area contributed by atoms with Gasteiger partial charge >= 0.3 is 5.97 Å². The van der Waals surface area contributed by atoms with Gasteiger partial charge in [-0.2, -0.15) is 0 Å². The van der Waals surface area contributed by atoms with Gasteiger partial charge < -0.3 is 14.9 Å². The molecule has 1 atom stereocenters. The number of aliphatic carboxylic acids is 1. The number of carbonyl (C=O) groups excluding carboxylic acids is 1. The predicted molar refractivity (Wildman–Crippen MR) is 80.1 cm³/mol. The minimum Gasteiger partial charge on any atom is -0.480 e. The number of amides is 1. The van der Waals surface area contributed by atoms with Crippen LogP contribution in [0.4, 0.5) is 0 Å². The summed E-state index contributed by atoms with van der Waals surface area (Å²) in [6, 6.07) is 7.40. The molecular weight excluding hydrogens is 268 g/mol. The number of likely N-dealkylation sites (tertiary alicyclic amines) is 1. The lowest BCUT2D eigenvalue weighted by molar-refractivity contribution is -0.147. The molecule has 1 fully saturated rings. The second-order valence-electron chi connectivity index (χ2n) is 6.07. The third kappa shape index (κ3) is 3.08. The summed E-state index contributed by atoms with van der Waals surface area (Å²) in [6.07, 6.45) is 1.24. The summed E-state index contributed by atoms with van der Waals surface area (Å²) in [6.45, 7) is 2.94. The van der Waals surface area contributed by atoms with Crippen LogP contribution in [0.1, 0.15) is 35.7 Å². The Kier molecular flexibility index (Phi) is 4.32. The summed E-state index contributed by atoms with van der Waals surface area (Å²) in [4.78, 5) is 27.5. The summed E-state index contributed by atoms with van der Waals surface area (Å²) in [7, 11) is 3.98. The van der Waals surface area contributed by atoms with Crippen LogP contribution in [0.25, 0.3) is 0 Å². The summed E-state index contributed by atoms with van der Waals surface area (Å²) in [5, 5.41) is 9.38. The quantitative estimate of drug-likeness (QED) is 0.919. The Hall–Kier alpha value is -1.88. The second kappa shape index (κ2) is 5.85. The molecule has 2 rings (SSSR count). The van der Waals surface area contributed by atoms with Gasteiger partial charge in [0.2, 0.25) is 0 Å². The number of rotatable bonds is 4. The maximum Gasteiger partial charge on any atom is 0.329 e. The van der Waals surface area contributed by atoms with E-state index in [2.05, 4.69) is 4.90 Å². The van der Waals surface area contributed by atoms with Gasteiger partial charge in [-0.15, -0.1) is 0 Å². The van der Waals surface area contributed by atoms with Gasteiger partial charge in [0.15, 0.2) is 0 Å². The molecule has 0 bridgehead atoms. The minimum absolute atomic E-state index is 0.200. The lowest BCUT2D eigenvalue weighted by Gasteiger charge is -2.31. The SMILES string of the molecule is CN(C)Cc1ccc(C(=O)N2CCCC2(C)C(=O)O)cc1. The molecule has 0 spiro atoms. The van der Waals surface area contributed by atoms with Gasteiger partial charge in [-0.25, -0.2) is 4.79 Å². The molecule has 114 valence electrons. The lowest BCUT2D eigenvalue weighted by Crippen LogP contribution is -2.50. The number of carbonyl (C=O) groups is 2. The van der Waals surface area contributed by atoms with Crippen LogP contribution in [0.5, 0.6) is 0 Å². The van der Waals surface area contributed by atoms with E-state index in [0.29, 0.717) is 18.5 Å². The summed E-state index contributed by atoms with van der Waals surface area (Å²) >= 11 is 0. The molecule has 0 saturated carbocycles. The van der Waals surface area contributed by atoms with Crippen molar-refractivity contribution >= 4 is 11.9 Å². The predicted octanol–water partition coefficient (Wildman–Crippen LogP) is 1.83. The highest BCUT2D eigenvalue weighted by Gasteiger charge is 2.46. The van der Waals surface area contributed by atoms with Crippen molar-refractivity contribution in [2.45, 2.75) is 31.8 Å². The van der Waals surface area contributed by atoms with Gasteiger partial charge in [-0.05, 0) is 51.6 Å². The number of hydrogen-bond donors (Lipinski definition) is 1. The van der Waals surface area contributed by atoms with Crippen LogP contribution in [-0.4, -0.2) is 53.0 Å². The third-order valence-corrected chi connectivity index (χ3v) is 4.05. The first-order chi connectivity index (χ1) is 9.84. The molecule has 1 aliphatic heterocycles. The third-order valence-electron chi connectivity index (χ3n) is 4.05. The highest BCUT2D eigenvalue weighted by molar-refractivity contribution is 5.98. The van der Waals surface area contributed by atoms with Gasteiger partial charge in [0, 0.05) is 18.7 Å². The number of carboxylic acids is 1. The maximum absolute atomic E-state index is 12.6. The van der Waals surface area contributed by atoms with E-state index in [1.54, 1.807) is 19.1 Å². The fourth-order valence-electron chi connectivity index (χ4n) is 2.78. The van der Waals surface area contributed by atoms with Gasteiger partial charge in [0.25, 0.3) is 5.91 Å². The van der Waals surface area contributed by atoms with Crippen molar-refractivity contribution < 1.29 is 14.7 Å². The Morgan fingerprint density at radius 3 is 2.43 bits per heavy atom. The molecule has 1 N–H and O–H groups in total. The monoisotopic (exact) mass is 290 g/mol. The van der Waals surface area contributed by atoms with E-state index in [9.17, 15) is 14.7 Å². The lowest BCUT2D eigenvalue weighted by atomic mass is 9.98. The van der Waals surface area contributed by atoms with Crippen molar-refractivity contribution in [1.29, 1.82) is 0 Å². The molecule has 21 heavy (non-hydrogen) atoms. The highest BCUT2D eigenvalue weighted by Crippen LogP contribution is 2.30. The van der Waals surface area contributed by atoms with E-state index >= 15 is 0 Å². The van der Waals surface area contributed by atoms with Crippen LogP contribution in [0.15, 0.2) is 24.3 Å². The van der Waals surface area contributed by atoms with Gasteiger partial charge in [0.1, 0.15) is 5.54 Å². The van der Waals surface area contributed by atoms with E-state index in [1.807, 2.05) is 26.2 Å². The highest BCUT2D eigenvalue weighted by atomic mass is 16.4. The topological polar surface area (TPSA) is 60.9 Å². The number of hydrogen-bond acceptors (Lipinski definition) is 3. The zero-order valence-corrected chi connectivity index (χ0v) is 12.8. The average Bonchev–Trinajstić information content (AvgIpc) is 2.81. The van der Waals surface area contributed by atoms with Crippen molar-refractivity contribution in [3.63, 3.8) is 0 Å². The Morgan fingerprint density at radius 2 is 1.90 bits per heavy atom. The number of carboxylic acid groups (broad SMARTS) is 1. The first-order valence-electron chi connectivity index (χ1n) is 7.13. The van der Waals surface area contributed by atoms with Crippen LogP contribution < -0.4 is 0 Å². The van der Waals surface area contributed by atoms with E-state index in [-0.39, 0.29) is 5.91 Å². The maximum atomic E-state index is 12.6. The molecule has 1 aromatic rings. The smallest absolute Gasteiger partial charge is 0.329 e. The molecule has 1 aromatic carbocycles. The Labute approximate surface area is 125 Å². The molecule has 1 unspecified atom stereocenters. The van der Waals surface area contributed by atoms with Crippen molar-refractivity contribution in [3.8, 4) is 0 Å². The number of benzene rings is 1. The summed E-state index contributed by atoms with van der Waals surface area (Å²) < 4.78 is 0. The van der Waals surface area contributed by atoms with E-state index in [0.717, 1.165) is 18.5 Å². The van der Waals surface area contributed by atoms with Crippen LogP contribution >= 0.6 is 0 Å². The Balaban J connectivity index is 2.18. The molecule has 0 radical (unpaired) electrons. The Bertz CT molecular complexity index is 539. The molecule has 1 heterocycles. The molecule has 5 nitrogen and oxygen atoms in total. The summed E-state index contributed by atoms with van der Waals surface area (Å²) in [5.74, 6) is -1.13. The average molecular weight is 290 g/mol. The summed E-state index contributed by atoms with van der Waals surface area (Å²) in [5.41, 5.74) is 0.588. The van der Waals surface area contributed by atoms with E-state index in [4.69, 9.17) is 0 Å². The standard InChI is InChI=1S/C16H22N2O3/c1-16(15(20)21)9-4-10-18(16)14(19)13-7-5-12(6-8-13)11-17(2)3/h5-8H,4,9-11H2,1-3H3,(H,20,21). The fourth-order valence-corrected chi connectivity index (χ4v) is 2.78. The molecular formula is C16H22N2O3. The van der Waals surface area contributed by atoms with E-state index in [1.165, 1.54) is 4.90 Å². The van der Waals surface area contributed by atoms with Crippen LogP contribution in [-0.2, 0) is 11.3 Å². The second-order valence-corrected chi connectivity index (χ2v) is 6.07. The van der Waals surface area contributed by atoms with Gasteiger partial charge in [0.05, 0.1) is 0 Å². The first-order valence-corrected chi connectivity index (χ1v) is 7.13. The number of nitrogens with zero attached hydrogens (tertiary/aromatic N) is 2. The first kappa shape index (κ1) is 15.5. The van der Waals surface area contributed by atoms with Crippen LogP contribution in [0.2, 0.25) is 0 Å². The molecule has 5 heteroatoms. The molecule has 0 aliphatic carbocycles. The molecule has 1 amide bonds. The zero-order valence-electron chi connectivity index (χ0n) is 12.8. The molecule has 0 aromatic heterocycles. The minimum atomic E-state index is -1.08. The van der Waals surface area contributed by atoms with Gasteiger partial charge in [-0.1, -0.05) is 12.1 Å². The van der Waals surface area contributed by atoms with Crippen molar-refractivity contribution in [3.05, 3.63) is 35.4 Å². The van der Waals surface area contributed by atoms with Gasteiger partial charge in [-0.3, -0.25) is 4.79 Å². The largest absolute Gasteiger partial charge is 0.480 e. The fraction of sp³-hybridized carbons (Fsp3) is 0.500. The Morgan fingerprint density at radius 1 is 1.29 bits per heavy atom.